The molecular formula is C14H19ClN2O2S2. The summed E-state index contributed by atoms with van der Waals surface area (Å²) in [5.41, 5.74) is 6.10. The van der Waals surface area contributed by atoms with E-state index in [1.54, 1.807) is 6.07 Å². The van der Waals surface area contributed by atoms with Gasteiger partial charge in [-0.1, -0.05) is 43.2 Å². The molecule has 21 heavy (non-hydrogen) atoms. The van der Waals surface area contributed by atoms with Crippen molar-refractivity contribution in [3.63, 3.8) is 0 Å². The number of hydrogen-bond donors (Lipinski definition) is 1. The van der Waals surface area contributed by atoms with Gasteiger partial charge in [-0.25, -0.2) is 8.42 Å². The van der Waals surface area contributed by atoms with E-state index < -0.39 is 10.0 Å². The van der Waals surface area contributed by atoms with Crippen molar-refractivity contribution >= 4 is 38.8 Å². The molecule has 1 aromatic carbocycles. The molecule has 0 aliphatic carbocycles. The Morgan fingerprint density at radius 2 is 2.24 bits per heavy atom. The number of nitrogens with two attached hydrogens (primary N) is 1. The van der Waals surface area contributed by atoms with Crippen LogP contribution in [0.5, 0.6) is 0 Å². The second-order valence-electron chi connectivity index (χ2n) is 5.32. The van der Waals surface area contributed by atoms with Gasteiger partial charge in [0.25, 0.3) is 0 Å². The van der Waals surface area contributed by atoms with Crippen LogP contribution in [-0.4, -0.2) is 30.8 Å². The van der Waals surface area contributed by atoms with Crippen molar-refractivity contribution in [2.45, 2.75) is 31.1 Å². The van der Waals surface area contributed by atoms with Gasteiger partial charge in [0.15, 0.2) is 0 Å². The van der Waals surface area contributed by atoms with E-state index in [1.165, 1.54) is 16.4 Å². The highest BCUT2D eigenvalue weighted by atomic mass is 35.5. The predicted molar refractivity (Wildman–Crippen MR) is 89.1 cm³/mol. The summed E-state index contributed by atoms with van der Waals surface area (Å²) in [6.45, 7) is 3.24. The van der Waals surface area contributed by atoms with E-state index in [0.717, 1.165) is 19.3 Å². The molecule has 0 saturated carbocycles. The number of halogens is 1. The van der Waals surface area contributed by atoms with E-state index in [1.807, 2.05) is 0 Å². The van der Waals surface area contributed by atoms with Gasteiger partial charge in [-0.15, -0.1) is 0 Å². The lowest BCUT2D eigenvalue weighted by atomic mass is 10.0. The molecule has 1 aliphatic heterocycles. The first-order chi connectivity index (χ1) is 9.86. The van der Waals surface area contributed by atoms with E-state index in [0.29, 0.717) is 24.6 Å². The lowest BCUT2D eigenvalue weighted by molar-refractivity contribution is 0.444. The van der Waals surface area contributed by atoms with Crippen LogP contribution >= 0.6 is 23.8 Å². The second kappa shape index (κ2) is 6.60. The average molecular weight is 347 g/mol. The van der Waals surface area contributed by atoms with Gasteiger partial charge in [0, 0.05) is 18.7 Å². The van der Waals surface area contributed by atoms with E-state index >= 15 is 0 Å². The van der Waals surface area contributed by atoms with Crippen LogP contribution in [0.25, 0.3) is 0 Å². The lowest BCUT2D eigenvalue weighted by Crippen LogP contribution is -2.29. The summed E-state index contributed by atoms with van der Waals surface area (Å²) >= 11 is 11.0. The molecule has 0 spiro atoms. The normalized spacial score (nSPS) is 19.8. The molecule has 7 heteroatoms. The van der Waals surface area contributed by atoms with Crippen LogP contribution in [0.4, 0.5) is 0 Å². The standard InChI is InChI=1S/C14H19ClN2O2S2/c1-2-3-10-6-7-17(9-10)21(18,19)13-5-4-11(14(16)20)8-12(13)15/h4-5,8,10H,2-3,6-7,9H2,1H3,(H2,16,20). The molecule has 1 heterocycles. The highest BCUT2D eigenvalue weighted by Crippen LogP contribution is 2.30. The molecule has 0 bridgehead atoms. The van der Waals surface area contributed by atoms with Crippen LogP contribution in [-0.2, 0) is 10.0 Å². The predicted octanol–water partition coefficient (Wildman–Crippen LogP) is 2.78. The summed E-state index contributed by atoms with van der Waals surface area (Å²) in [5, 5.41) is 0.166. The Hall–Kier alpha value is -0.690. The van der Waals surface area contributed by atoms with E-state index in [-0.39, 0.29) is 14.9 Å². The molecule has 2 N–H and O–H groups in total. The zero-order chi connectivity index (χ0) is 15.6. The first-order valence-electron chi connectivity index (χ1n) is 6.95. The number of benzene rings is 1. The van der Waals surface area contributed by atoms with Crippen molar-refractivity contribution in [3.8, 4) is 0 Å². The molecular weight excluding hydrogens is 328 g/mol. The second-order valence-corrected chi connectivity index (χ2v) is 8.07. The molecule has 1 unspecified atom stereocenters. The van der Waals surface area contributed by atoms with Crippen molar-refractivity contribution in [3.05, 3.63) is 28.8 Å². The first kappa shape index (κ1) is 16.7. The minimum Gasteiger partial charge on any atom is -0.389 e. The third kappa shape index (κ3) is 3.56. The van der Waals surface area contributed by atoms with Gasteiger partial charge in [0.2, 0.25) is 10.0 Å². The summed E-state index contributed by atoms with van der Waals surface area (Å²) < 4.78 is 26.9. The lowest BCUT2D eigenvalue weighted by Gasteiger charge is -2.17. The molecule has 1 fully saturated rings. The highest BCUT2D eigenvalue weighted by molar-refractivity contribution is 7.89. The van der Waals surface area contributed by atoms with Crippen molar-refractivity contribution < 1.29 is 8.42 Å². The Kier molecular flexibility index (Phi) is 5.24. The highest BCUT2D eigenvalue weighted by Gasteiger charge is 2.33. The summed E-state index contributed by atoms with van der Waals surface area (Å²) in [4.78, 5) is 0.325. The molecule has 1 aliphatic rings. The van der Waals surface area contributed by atoms with Crippen LogP contribution in [0.1, 0.15) is 31.7 Å². The third-order valence-electron chi connectivity index (χ3n) is 3.78. The van der Waals surface area contributed by atoms with Crippen molar-refractivity contribution in [2.24, 2.45) is 11.7 Å². The van der Waals surface area contributed by atoms with Gasteiger partial charge >= 0.3 is 0 Å². The molecule has 0 amide bonds. The topological polar surface area (TPSA) is 63.4 Å². The third-order valence-corrected chi connectivity index (χ3v) is 6.36. The maximum Gasteiger partial charge on any atom is 0.244 e. The number of sulfonamides is 1. The summed E-state index contributed by atoms with van der Waals surface area (Å²) in [6, 6.07) is 4.59. The van der Waals surface area contributed by atoms with Gasteiger partial charge < -0.3 is 5.73 Å². The maximum absolute atomic E-state index is 12.7. The van der Waals surface area contributed by atoms with Crippen LogP contribution in [0.15, 0.2) is 23.1 Å². The zero-order valence-electron chi connectivity index (χ0n) is 11.9. The Balaban J connectivity index is 2.26. The first-order valence-corrected chi connectivity index (χ1v) is 9.18. The van der Waals surface area contributed by atoms with Crippen LogP contribution in [0.2, 0.25) is 5.02 Å². The van der Waals surface area contributed by atoms with Crippen molar-refractivity contribution in [1.29, 1.82) is 0 Å². The molecule has 2 rings (SSSR count). The van der Waals surface area contributed by atoms with Crippen molar-refractivity contribution in [1.82, 2.24) is 4.31 Å². The van der Waals surface area contributed by atoms with Crippen molar-refractivity contribution in [2.75, 3.05) is 13.1 Å². The van der Waals surface area contributed by atoms with Gasteiger partial charge in [-0.05, 0) is 30.9 Å². The molecule has 4 nitrogen and oxygen atoms in total. The minimum atomic E-state index is -3.55. The van der Waals surface area contributed by atoms with Crippen LogP contribution < -0.4 is 5.73 Å². The fourth-order valence-corrected chi connectivity index (χ4v) is 4.84. The smallest absolute Gasteiger partial charge is 0.244 e. The molecule has 0 radical (unpaired) electrons. The summed E-state index contributed by atoms with van der Waals surface area (Å²) in [7, 11) is -3.55. The van der Waals surface area contributed by atoms with E-state index in [4.69, 9.17) is 29.6 Å². The fourth-order valence-electron chi connectivity index (χ4n) is 2.66. The summed E-state index contributed by atoms with van der Waals surface area (Å²) in [5.74, 6) is 0.444. The molecule has 1 aromatic rings. The van der Waals surface area contributed by atoms with Crippen LogP contribution in [0.3, 0.4) is 0 Å². The molecule has 116 valence electrons. The molecule has 1 atom stereocenters. The quantitative estimate of drug-likeness (QED) is 0.833. The zero-order valence-corrected chi connectivity index (χ0v) is 14.3. The Morgan fingerprint density at radius 1 is 1.52 bits per heavy atom. The number of rotatable bonds is 5. The van der Waals surface area contributed by atoms with Crippen LogP contribution in [0, 0.1) is 5.92 Å². The molecule has 1 saturated heterocycles. The van der Waals surface area contributed by atoms with Gasteiger partial charge in [0.05, 0.1) is 5.02 Å². The van der Waals surface area contributed by atoms with E-state index in [2.05, 4.69) is 6.92 Å². The number of thiocarbonyl (C=S) groups is 1. The summed E-state index contributed by atoms with van der Waals surface area (Å²) in [6.07, 6.45) is 3.04. The number of hydrogen-bond acceptors (Lipinski definition) is 3. The van der Waals surface area contributed by atoms with Gasteiger partial charge in [-0.2, -0.15) is 4.31 Å². The Bertz CT molecular complexity index is 646. The number of nitrogens with zero attached hydrogens (tertiary/aromatic N) is 1. The largest absolute Gasteiger partial charge is 0.389 e. The average Bonchev–Trinajstić information content (AvgIpc) is 2.88. The Labute approximate surface area is 136 Å². The van der Waals surface area contributed by atoms with E-state index in [9.17, 15) is 8.42 Å². The fraction of sp³-hybridized carbons (Fsp3) is 0.500. The molecule has 0 aromatic heterocycles. The van der Waals surface area contributed by atoms with Gasteiger partial charge in [-0.3, -0.25) is 0 Å². The van der Waals surface area contributed by atoms with Gasteiger partial charge in [0.1, 0.15) is 9.88 Å². The minimum absolute atomic E-state index is 0.126. The SMILES string of the molecule is CCCC1CCN(S(=O)(=O)c2ccc(C(N)=S)cc2Cl)C1. The Morgan fingerprint density at radius 3 is 2.81 bits per heavy atom. The monoisotopic (exact) mass is 346 g/mol. The maximum atomic E-state index is 12.7.